The summed E-state index contributed by atoms with van der Waals surface area (Å²) in [7, 11) is 0. The van der Waals surface area contributed by atoms with Crippen molar-refractivity contribution in [1.29, 1.82) is 0 Å². The molecule has 0 aliphatic carbocycles. The summed E-state index contributed by atoms with van der Waals surface area (Å²) in [5.41, 5.74) is 0. The van der Waals surface area contributed by atoms with Gasteiger partial charge in [-0.2, -0.15) is 13.2 Å². The van der Waals surface area contributed by atoms with E-state index in [9.17, 15) is 17.6 Å². The van der Waals surface area contributed by atoms with Crippen LogP contribution in [-0.2, 0) is 9.47 Å². The summed E-state index contributed by atoms with van der Waals surface area (Å²) in [5, 5.41) is 0. The number of halogens is 4. The highest BCUT2D eigenvalue weighted by molar-refractivity contribution is 4.46. The second-order valence-corrected chi connectivity index (χ2v) is 2.52. The van der Waals surface area contributed by atoms with E-state index in [0.29, 0.717) is 0 Å². The predicted molar refractivity (Wildman–Crippen MR) is 38.3 cm³/mol. The third kappa shape index (κ3) is 11.6. The first-order valence-corrected chi connectivity index (χ1v) is 3.78. The van der Waals surface area contributed by atoms with Crippen molar-refractivity contribution in [2.45, 2.75) is 19.3 Å². The molecule has 13 heavy (non-hydrogen) atoms. The Morgan fingerprint density at radius 2 is 1.69 bits per heavy atom. The van der Waals surface area contributed by atoms with Gasteiger partial charge in [0, 0.05) is 0 Å². The number of hydrogen-bond donors (Lipinski definition) is 0. The molecule has 0 aromatic rings. The molecular weight excluding hydrogens is 192 g/mol. The molecular formula is C7H12F4O2. The van der Waals surface area contributed by atoms with Crippen molar-refractivity contribution in [2.75, 3.05) is 26.4 Å². The lowest BCUT2D eigenvalue weighted by Gasteiger charge is -2.08. The Morgan fingerprint density at radius 3 is 2.15 bits per heavy atom. The summed E-state index contributed by atoms with van der Waals surface area (Å²) in [6, 6.07) is 0. The maximum atomic E-state index is 12.1. The molecule has 0 radical (unpaired) electrons. The zero-order valence-electron chi connectivity index (χ0n) is 7.23. The molecule has 0 aliphatic rings. The number of rotatable bonds is 6. The highest BCUT2D eigenvalue weighted by Gasteiger charge is 2.27. The lowest BCUT2D eigenvalue weighted by molar-refractivity contribution is -0.176. The fraction of sp³-hybridized carbons (Fsp3) is 1.00. The Hall–Kier alpha value is -0.360. The van der Waals surface area contributed by atoms with E-state index in [2.05, 4.69) is 9.47 Å². The lowest BCUT2D eigenvalue weighted by atomic mass is 10.5. The first kappa shape index (κ1) is 12.6. The molecule has 0 saturated heterocycles. The van der Waals surface area contributed by atoms with Crippen LogP contribution in [0.5, 0.6) is 0 Å². The van der Waals surface area contributed by atoms with Gasteiger partial charge in [0.2, 0.25) is 0 Å². The molecule has 0 aromatic heterocycles. The van der Waals surface area contributed by atoms with Gasteiger partial charge in [-0.1, -0.05) is 0 Å². The molecule has 0 rings (SSSR count). The Morgan fingerprint density at radius 1 is 1.15 bits per heavy atom. The van der Waals surface area contributed by atoms with E-state index >= 15 is 0 Å². The van der Waals surface area contributed by atoms with Crippen molar-refractivity contribution < 1.29 is 27.0 Å². The van der Waals surface area contributed by atoms with Crippen molar-refractivity contribution in [1.82, 2.24) is 0 Å². The van der Waals surface area contributed by atoms with Gasteiger partial charge in [-0.05, 0) is 6.92 Å². The molecule has 0 aromatic carbocycles. The number of alkyl halides is 4. The van der Waals surface area contributed by atoms with Crippen LogP contribution in [0.4, 0.5) is 17.6 Å². The Kier molecular flexibility index (Phi) is 5.98. The van der Waals surface area contributed by atoms with E-state index in [-0.39, 0.29) is 19.8 Å². The molecule has 0 saturated carbocycles. The standard InChI is InChI=1S/C7H12F4O2/c1-6(8)4-12-2-3-13-5-7(9,10)11/h6H,2-5H2,1H3. The third-order valence-electron chi connectivity index (χ3n) is 0.985. The van der Waals surface area contributed by atoms with Crippen molar-refractivity contribution in [3.05, 3.63) is 0 Å². The van der Waals surface area contributed by atoms with E-state index in [1.165, 1.54) is 6.92 Å². The van der Waals surface area contributed by atoms with Crippen molar-refractivity contribution >= 4 is 0 Å². The van der Waals surface area contributed by atoms with E-state index in [1.807, 2.05) is 0 Å². The minimum Gasteiger partial charge on any atom is -0.376 e. The second kappa shape index (κ2) is 6.15. The average Bonchev–Trinajstić information content (AvgIpc) is 1.93. The molecule has 0 heterocycles. The zero-order valence-corrected chi connectivity index (χ0v) is 7.23. The van der Waals surface area contributed by atoms with E-state index in [4.69, 9.17) is 0 Å². The van der Waals surface area contributed by atoms with Gasteiger partial charge in [0.15, 0.2) is 0 Å². The van der Waals surface area contributed by atoms with Crippen molar-refractivity contribution in [3.8, 4) is 0 Å². The first-order chi connectivity index (χ1) is 5.92. The predicted octanol–water partition coefficient (Wildman–Crippen LogP) is 1.94. The van der Waals surface area contributed by atoms with Crippen LogP contribution in [0, 0.1) is 0 Å². The van der Waals surface area contributed by atoms with Crippen LogP contribution >= 0.6 is 0 Å². The minimum absolute atomic E-state index is 0.0235. The molecule has 1 unspecified atom stereocenters. The van der Waals surface area contributed by atoms with Crippen LogP contribution in [0.25, 0.3) is 0 Å². The molecule has 0 aliphatic heterocycles. The Bertz CT molecular complexity index is 124. The fourth-order valence-electron chi connectivity index (χ4n) is 0.551. The Balaban J connectivity index is 3.09. The van der Waals surface area contributed by atoms with Gasteiger partial charge in [0.05, 0.1) is 19.8 Å². The van der Waals surface area contributed by atoms with Crippen LogP contribution < -0.4 is 0 Å². The summed E-state index contributed by atoms with van der Waals surface area (Å²) in [5.74, 6) is 0. The SMILES string of the molecule is CC(F)COCCOCC(F)(F)F. The van der Waals surface area contributed by atoms with E-state index in [0.717, 1.165) is 0 Å². The summed E-state index contributed by atoms with van der Waals surface area (Å²) in [6.45, 7) is -0.302. The van der Waals surface area contributed by atoms with Gasteiger partial charge in [0.25, 0.3) is 0 Å². The van der Waals surface area contributed by atoms with Crippen molar-refractivity contribution in [3.63, 3.8) is 0 Å². The third-order valence-corrected chi connectivity index (χ3v) is 0.985. The quantitative estimate of drug-likeness (QED) is 0.486. The van der Waals surface area contributed by atoms with Gasteiger partial charge < -0.3 is 9.47 Å². The zero-order chi connectivity index (χ0) is 10.3. The molecule has 0 spiro atoms. The lowest BCUT2D eigenvalue weighted by Crippen LogP contribution is -2.19. The van der Waals surface area contributed by atoms with Crippen LogP contribution in [0.2, 0.25) is 0 Å². The first-order valence-electron chi connectivity index (χ1n) is 3.78. The molecule has 1 atom stereocenters. The highest BCUT2D eigenvalue weighted by atomic mass is 19.4. The van der Waals surface area contributed by atoms with Gasteiger partial charge in [-0.15, -0.1) is 0 Å². The molecule has 0 bridgehead atoms. The second-order valence-electron chi connectivity index (χ2n) is 2.52. The molecule has 0 amide bonds. The van der Waals surface area contributed by atoms with Crippen LogP contribution in [-0.4, -0.2) is 38.8 Å². The van der Waals surface area contributed by atoms with Crippen LogP contribution in [0.1, 0.15) is 6.92 Å². The maximum Gasteiger partial charge on any atom is 0.411 e. The van der Waals surface area contributed by atoms with E-state index in [1.54, 1.807) is 0 Å². The smallest absolute Gasteiger partial charge is 0.376 e. The van der Waals surface area contributed by atoms with Gasteiger partial charge >= 0.3 is 6.18 Å². The maximum absolute atomic E-state index is 12.1. The minimum atomic E-state index is -4.31. The average molecular weight is 204 g/mol. The normalized spacial score (nSPS) is 14.5. The molecule has 2 nitrogen and oxygen atoms in total. The summed E-state index contributed by atoms with van der Waals surface area (Å²) < 4.78 is 55.3. The molecule has 80 valence electrons. The fourth-order valence-corrected chi connectivity index (χ4v) is 0.551. The number of ether oxygens (including phenoxy) is 2. The summed E-state index contributed by atoms with van der Waals surface area (Å²) in [6.07, 6.45) is -5.42. The van der Waals surface area contributed by atoms with Gasteiger partial charge in [0.1, 0.15) is 12.8 Å². The largest absolute Gasteiger partial charge is 0.411 e. The highest BCUT2D eigenvalue weighted by Crippen LogP contribution is 2.13. The van der Waals surface area contributed by atoms with Crippen molar-refractivity contribution in [2.24, 2.45) is 0 Å². The van der Waals surface area contributed by atoms with Gasteiger partial charge in [-0.25, -0.2) is 4.39 Å². The van der Waals surface area contributed by atoms with E-state index < -0.39 is 19.0 Å². The molecule has 0 fully saturated rings. The Labute approximate surface area is 73.8 Å². The van der Waals surface area contributed by atoms with Gasteiger partial charge in [-0.3, -0.25) is 0 Å². The summed E-state index contributed by atoms with van der Waals surface area (Å²) >= 11 is 0. The monoisotopic (exact) mass is 204 g/mol. The molecule has 0 N–H and O–H groups in total. The molecule has 6 heteroatoms. The van der Waals surface area contributed by atoms with Crippen LogP contribution in [0.3, 0.4) is 0 Å². The number of hydrogen-bond acceptors (Lipinski definition) is 2. The van der Waals surface area contributed by atoms with Crippen LogP contribution in [0.15, 0.2) is 0 Å². The summed E-state index contributed by atoms with van der Waals surface area (Å²) in [4.78, 5) is 0. The topological polar surface area (TPSA) is 18.5 Å².